The second kappa shape index (κ2) is 5.23. The van der Waals surface area contributed by atoms with Crippen LogP contribution < -0.4 is 16.2 Å². The number of nitrogens with one attached hydrogen (secondary N) is 1. The summed E-state index contributed by atoms with van der Waals surface area (Å²) in [6.45, 7) is 0.791. The number of rotatable bonds is 5. The molecule has 1 aliphatic rings. The Hall–Kier alpha value is -1.31. The number of benzene rings is 1. The molecule has 0 atom stereocenters. The number of hydrogen-bond donors (Lipinski definition) is 3. The van der Waals surface area contributed by atoms with Crippen LogP contribution in [0.5, 0.6) is 0 Å². The van der Waals surface area contributed by atoms with Crippen molar-refractivity contribution in [1.29, 1.82) is 0 Å². The molecule has 1 aromatic rings. The fourth-order valence-electron chi connectivity index (χ4n) is 2.51. The van der Waals surface area contributed by atoms with Crippen molar-refractivity contribution in [1.82, 2.24) is 4.90 Å². The van der Waals surface area contributed by atoms with Gasteiger partial charge in [-0.25, -0.2) is 13.6 Å². The van der Waals surface area contributed by atoms with E-state index in [0.29, 0.717) is 5.69 Å². The van der Waals surface area contributed by atoms with Crippen LogP contribution in [-0.2, 0) is 10.0 Å². The number of nitrogens with zero attached hydrogens (tertiary/aromatic N) is 1. The highest BCUT2D eigenvalue weighted by Crippen LogP contribution is 2.36. The van der Waals surface area contributed by atoms with Crippen molar-refractivity contribution in [2.24, 2.45) is 5.14 Å². The molecule has 0 aliphatic heterocycles. The number of sulfonamides is 1. The molecule has 1 aliphatic carbocycles. The summed E-state index contributed by atoms with van der Waals surface area (Å²) in [5, 5.41) is 8.39. The molecule has 20 heavy (non-hydrogen) atoms. The third-order valence-corrected chi connectivity index (χ3v) is 5.10. The van der Waals surface area contributed by atoms with Crippen LogP contribution in [0.2, 0.25) is 0 Å². The van der Waals surface area contributed by atoms with Crippen LogP contribution in [0, 0.1) is 0 Å². The molecule has 0 bridgehead atoms. The zero-order valence-corrected chi connectivity index (χ0v) is 12.7. The Morgan fingerprint density at radius 3 is 2.40 bits per heavy atom. The monoisotopic (exact) mass is 298 g/mol. The molecule has 6 nitrogen and oxygen atoms in total. The van der Waals surface area contributed by atoms with Crippen LogP contribution in [0.4, 0.5) is 11.4 Å². The van der Waals surface area contributed by atoms with Gasteiger partial charge in [0, 0.05) is 12.1 Å². The van der Waals surface area contributed by atoms with Gasteiger partial charge >= 0.3 is 0 Å². The first-order valence-electron chi connectivity index (χ1n) is 6.58. The minimum Gasteiger partial charge on any atom is -0.397 e. The molecule has 1 aromatic carbocycles. The highest BCUT2D eigenvalue weighted by Gasteiger charge is 2.38. The second-order valence-corrected chi connectivity index (χ2v) is 7.18. The van der Waals surface area contributed by atoms with E-state index in [1.165, 1.54) is 18.6 Å². The molecule has 7 heteroatoms. The van der Waals surface area contributed by atoms with Gasteiger partial charge in [0.05, 0.1) is 16.3 Å². The van der Waals surface area contributed by atoms with E-state index < -0.39 is 10.0 Å². The minimum atomic E-state index is -3.71. The lowest BCUT2D eigenvalue weighted by Crippen LogP contribution is -2.54. The summed E-state index contributed by atoms with van der Waals surface area (Å²) in [4.78, 5) is 2.27. The molecule has 1 saturated carbocycles. The molecule has 0 unspecified atom stereocenters. The lowest BCUT2D eigenvalue weighted by Gasteiger charge is -2.47. The van der Waals surface area contributed by atoms with E-state index in [0.717, 1.165) is 25.1 Å². The van der Waals surface area contributed by atoms with E-state index in [1.807, 2.05) is 0 Å². The Balaban J connectivity index is 2.11. The Bertz CT molecular complexity index is 594. The Labute approximate surface area is 120 Å². The topological polar surface area (TPSA) is 101 Å². The summed E-state index contributed by atoms with van der Waals surface area (Å²) in [6, 6.07) is 4.52. The first-order valence-corrected chi connectivity index (χ1v) is 8.13. The van der Waals surface area contributed by atoms with Crippen LogP contribution >= 0.6 is 0 Å². The van der Waals surface area contributed by atoms with Gasteiger partial charge in [-0.05, 0) is 51.6 Å². The van der Waals surface area contributed by atoms with Crippen molar-refractivity contribution in [3.8, 4) is 0 Å². The molecule has 112 valence electrons. The van der Waals surface area contributed by atoms with Crippen molar-refractivity contribution >= 4 is 21.4 Å². The van der Waals surface area contributed by atoms with Gasteiger partial charge < -0.3 is 16.0 Å². The largest absolute Gasteiger partial charge is 0.397 e. The number of likely N-dealkylation sites (N-methyl/N-ethyl adjacent to an activating group) is 1. The van der Waals surface area contributed by atoms with E-state index in [1.54, 1.807) is 6.07 Å². The van der Waals surface area contributed by atoms with E-state index >= 15 is 0 Å². The minimum absolute atomic E-state index is 0.0338. The predicted octanol–water partition coefficient (Wildman–Crippen LogP) is 0.812. The van der Waals surface area contributed by atoms with E-state index in [-0.39, 0.29) is 10.4 Å². The lowest BCUT2D eigenvalue weighted by atomic mass is 9.75. The maximum Gasteiger partial charge on any atom is 0.238 e. The summed E-state index contributed by atoms with van der Waals surface area (Å²) >= 11 is 0. The smallest absolute Gasteiger partial charge is 0.238 e. The van der Waals surface area contributed by atoms with Gasteiger partial charge in [0.1, 0.15) is 0 Å². The second-order valence-electron chi connectivity index (χ2n) is 5.62. The van der Waals surface area contributed by atoms with Crippen LogP contribution in [0.1, 0.15) is 19.3 Å². The summed E-state index contributed by atoms with van der Waals surface area (Å²) < 4.78 is 22.5. The highest BCUT2D eigenvalue weighted by atomic mass is 32.2. The number of hydrogen-bond acceptors (Lipinski definition) is 5. The number of nitrogens with two attached hydrogens (primary N) is 2. The molecule has 0 amide bonds. The number of anilines is 2. The Morgan fingerprint density at radius 1 is 1.35 bits per heavy atom. The normalized spacial score (nSPS) is 17.8. The molecular weight excluding hydrogens is 276 g/mol. The van der Waals surface area contributed by atoms with Crippen molar-refractivity contribution in [2.45, 2.75) is 29.7 Å². The maximum absolute atomic E-state index is 11.3. The SMILES string of the molecule is CN(C)C1(CNc2ccc(S(N)(=O)=O)cc2N)CCC1. The highest BCUT2D eigenvalue weighted by molar-refractivity contribution is 7.89. The van der Waals surface area contributed by atoms with Crippen molar-refractivity contribution in [2.75, 3.05) is 31.7 Å². The van der Waals surface area contributed by atoms with Gasteiger partial charge in [0.15, 0.2) is 0 Å². The van der Waals surface area contributed by atoms with Crippen LogP contribution in [-0.4, -0.2) is 39.5 Å². The van der Waals surface area contributed by atoms with Gasteiger partial charge in [-0.15, -0.1) is 0 Å². The fraction of sp³-hybridized carbons (Fsp3) is 0.538. The van der Waals surface area contributed by atoms with Gasteiger partial charge in [0.25, 0.3) is 0 Å². The summed E-state index contributed by atoms with van der Waals surface area (Å²) in [6.07, 6.45) is 3.55. The molecule has 0 aromatic heterocycles. The van der Waals surface area contributed by atoms with Gasteiger partial charge in [-0.2, -0.15) is 0 Å². The molecule has 0 radical (unpaired) electrons. The first-order chi connectivity index (χ1) is 9.24. The van der Waals surface area contributed by atoms with Gasteiger partial charge in [-0.3, -0.25) is 0 Å². The maximum atomic E-state index is 11.3. The van der Waals surface area contributed by atoms with Crippen LogP contribution in [0.3, 0.4) is 0 Å². The molecule has 1 fully saturated rings. The summed E-state index contributed by atoms with van der Waals surface area (Å²) in [5.74, 6) is 0. The van der Waals surface area contributed by atoms with Crippen LogP contribution in [0.15, 0.2) is 23.1 Å². The summed E-state index contributed by atoms with van der Waals surface area (Å²) in [7, 11) is 0.447. The Kier molecular flexibility index (Phi) is 3.95. The molecule has 0 heterocycles. The zero-order chi connectivity index (χ0) is 15.0. The fourth-order valence-corrected chi connectivity index (χ4v) is 3.05. The number of primary sulfonamides is 1. The average molecular weight is 298 g/mol. The zero-order valence-electron chi connectivity index (χ0n) is 11.9. The van der Waals surface area contributed by atoms with Gasteiger partial charge in [-0.1, -0.05) is 0 Å². The van der Waals surface area contributed by atoms with Gasteiger partial charge in [0.2, 0.25) is 10.0 Å². The average Bonchev–Trinajstić information content (AvgIpc) is 2.27. The molecular formula is C13H22N4O2S. The van der Waals surface area contributed by atoms with E-state index in [2.05, 4.69) is 24.3 Å². The Morgan fingerprint density at radius 2 is 2.00 bits per heavy atom. The molecule has 0 spiro atoms. The standard InChI is InChI=1S/C13H22N4O2S/c1-17(2)13(6-3-7-13)9-16-12-5-4-10(8-11(12)14)20(15,18)19/h4-5,8,16H,3,6-7,9,14H2,1-2H3,(H2,15,18,19). The molecule has 5 N–H and O–H groups in total. The summed E-state index contributed by atoms with van der Waals surface area (Å²) in [5.41, 5.74) is 7.19. The van der Waals surface area contributed by atoms with Crippen molar-refractivity contribution in [3.63, 3.8) is 0 Å². The van der Waals surface area contributed by atoms with Crippen molar-refractivity contribution in [3.05, 3.63) is 18.2 Å². The van der Waals surface area contributed by atoms with E-state index in [9.17, 15) is 8.42 Å². The number of nitrogen functional groups attached to an aromatic ring is 1. The molecule has 0 saturated heterocycles. The first kappa shape index (κ1) is 15.1. The third-order valence-electron chi connectivity index (χ3n) is 4.19. The van der Waals surface area contributed by atoms with E-state index in [4.69, 9.17) is 10.9 Å². The van der Waals surface area contributed by atoms with Crippen molar-refractivity contribution < 1.29 is 8.42 Å². The quantitative estimate of drug-likeness (QED) is 0.698. The molecule has 2 rings (SSSR count). The lowest BCUT2D eigenvalue weighted by molar-refractivity contribution is 0.0739. The van der Waals surface area contributed by atoms with Crippen LogP contribution in [0.25, 0.3) is 0 Å². The predicted molar refractivity (Wildman–Crippen MR) is 81.0 cm³/mol. The third kappa shape index (κ3) is 2.89.